The van der Waals surface area contributed by atoms with Crippen LogP contribution in [0.5, 0.6) is 5.75 Å². The first-order chi connectivity index (χ1) is 13.6. The van der Waals surface area contributed by atoms with E-state index >= 15 is 0 Å². The van der Waals surface area contributed by atoms with E-state index in [9.17, 15) is 4.79 Å². The number of carbonyl (C=O) groups is 1. The highest BCUT2D eigenvalue weighted by atomic mass is 32.1. The van der Waals surface area contributed by atoms with Crippen molar-refractivity contribution in [2.75, 3.05) is 11.5 Å². The van der Waals surface area contributed by atoms with Gasteiger partial charge in [-0.3, -0.25) is 9.69 Å². The van der Waals surface area contributed by atoms with E-state index in [4.69, 9.17) is 4.74 Å². The number of aryl methyl sites for hydroxylation is 2. The average molecular weight is 388 g/mol. The van der Waals surface area contributed by atoms with Crippen LogP contribution >= 0.6 is 11.3 Å². The highest BCUT2D eigenvalue weighted by Gasteiger charge is 2.23. The zero-order chi connectivity index (χ0) is 19.5. The maximum Gasteiger partial charge on any atom is 0.271 e. The summed E-state index contributed by atoms with van der Waals surface area (Å²) in [6, 6.07) is 23.4. The van der Waals surface area contributed by atoms with Crippen LogP contribution in [0, 0.1) is 13.8 Å². The number of fused-ring (bicyclic) bond motifs is 1. The van der Waals surface area contributed by atoms with E-state index in [1.54, 1.807) is 4.90 Å². The Morgan fingerprint density at radius 1 is 1.00 bits per heavy atom. The summed E-state index contributed by atoms with van der Waals surface area (Å²) in [5.41, 5.74) is 3.80. The summed E-state index contributed by atoms with van der Waals surface area (Å²) in [5.74, 6) is 0.525. The van der Waals surface area contributed by atoms with Gasteiger partial charge in [0.05, 0.1) is 15.9 Å². The number of anilines is 2. The van der Waals surface area contributed by atoms with Crippen molar-refractivity contribution in [2.24, 2.45) is 0 Å². The number of para-hydroxylation sites is 2. The lowest BCUT2D eigenvalue weighted by Crippen LogP contribution is -2.31. The van der Waals surface area contributed by atoms with Crippen molar-refractivity contribution in [3.05, 3.63) is 83.9 Å². The Labute approximate surface area is 168 Å². The van der Waals surface area contributed by atoms with E-state index in [1.165, 1.54) is 11.3 Å². The molecule has 140 valence electrons. The number of aromatic nitrogens is 1. The van der Waals surface area contributed by atoms with Gasteiger partial charge in [-0.05, 0) is 55.3 Å². The van der Waals surface area contributed by atoms with Crippen molar-refractivity contribution in [2.45, 2.75) is 13.8 Å². The van der Waals surface area contributed by atoms with Crippen LogP contribution < -0.4 is 9.64 Å². The van der Waals surface area contributed by atoms with E-state index in [0.717, 1.165) is 27.0 Å². The van der Waals surface area contributed by atoms with Gasteiger partial charge in [-0.2, -0.15) is 0 Å². The van der Waals surface area contributed by atoms with Crippen molar-refractivity contribution in [3.8, 4) is 5.75 Å². The molecule has 3 aromatic carbocycles. The predicted molar refractivity (Wildman–Crippen MR) is 115 cm³/mol. The molecule has 28 heavy (non-hydrogen) atoms. The van der Waals surface area contributed by atoms with Gasteiger partial charge in [0.15, 0.2) is 11.7 Å². The first kappa shape index (κ1) is 18.2. The standard InChI is InChI=1S/C23H20N2O2S/c1-16-8-7-10-18(14-16)27-15-22(26)25(20-12-5-3-9-17(20)2)23-24-19-11-4-6-13-21(19)28-23/h3-14H,15H2,1-2H3. The molecule has 0 aliphatic rings. The van der Waals surface area contributed by atoms with Gasteiger partial charge in [0.1, 0.15) is 5.75 Å². The number of ether oxygens (including phenoxy) is 1. The summed E-state index contributed by atoms with van der Waals surface area (Å²) in [6.07, 6.45) is 0. The molecule has 0 saturated heterocycles. The molecule has 0 atom stereocenters. The van der Waals surface area contributed by atoms with Crippen LogP contribution in [0.1, 0.15) is 11.1 Å². The summed E-state index contributed by atoms with van der Waals surface area (Å²) < 4.78 is 6.82. The zero-order valence-electron chi connectivity index (χ0n) is 15.8. The molecule has 4 aromatic rings. The van der Waals surface area contributed by atoms with E-state index in [1.807, 2.05) is 86.6 Å². The molecule has 5 heteroatoms. The minimum Gasteiger partial charge on any atom is -0.484 e. The summed E-state index contributed by atoms with van der Waals surface area (Å²) in [7, 11) is 0. The second-order valence-electron chi connectivity index (χ2n) is 6.58. The molecular formula is C23H20N2O2S. The molecule has 0 N–H and O–H groups in total. The lowest BCUT2D eigenvalue weighted by atomic mass is 10.2. The van der Waals surface area contributed by atoms with Crippen LogP contribution in [0.3, 0.4) is 0 Å². The van der Waals surface area contributed by atoms with Gasteiger partial charge >= 0.3 is 0 Å². The Hall–Kier alpha value is -3.18. The predicted octanol–water partition coefficient (Wildman–Crippen LogP) is 5.66. The smallest absolute Gasteiger partial charge is 0.271 e. The van der Waals surface area contributed by atoms with Crippen LogP contribution in [-0.2, 0) is 4.79 Å². The number of amides is 1. The number of nitrogens with zero attached hydrogens (tertiary/aromatic N) is 2. The Bertz CT molecular complexity index is 1100. The quantitative estimate of drug-likeness (QED) is 0.443. The van der Waals surface area contributed by atoms with E-state index in [-0.39, 0.29) is 12.5 Å². The van der Waals surface area contributed by atoms with Gasteiger partial charge in [-0.1, -0.05) is 53.8 Å². The molecule has 0 radical (unpaired) electrons. The molecule has 1 amide bonds. The van der Waals surface area contributed by atoms with Gasteiger partial charge in [0.25, 0.3) is 5.91 Å². The molecule has 0 saturated carbocycles. The van der Waals surface area contributed by atoms with Gasteiger partial charge in [0, 0.05) is 0 Å². The lowest BCUT2D eigenvalue weighted by Gasteiger charge is -2.22. The van der Waals surface area contributed by atoms with Crippen LogP contribution in [0.25, 0.3) is 10.2 Å². The lowest BCUT2D eigenvalue weighted by molar-refractivity contribution is -0.119. The highest BCUT2D eigenvalue weighted by Crippen LogP contribution is 2.35. The van der Waals surface area contributed by atoms with Crippen LogP contribution in [0.4, 0.5) is 10.8 Å². The van der Waals surface area contributed by atoms with Crippen molar-refractivity contribution < 1.29 is 9.53 Å². The number of hydrogen-bond donors (Lipinski definition) is 0. The van der Waals surface area contributed by atoms with E-state index in [0.29, 0.717) is 10.9 Å². The third-order valence-corrected chi connectivity index (χ3v) is 5.45. The molecule has 0 fully saturated rings. The summed E-state index contributed by atoms with van der Waals surface area (Å²) >= 11 is 1.50. The fourth-order valence-electron chi connectivity index (χ4n) is 3.03. The first-order valence-corrected chi connectivity index (χ1v) is 9.87. The van der Waals surface area contributed by atoms with Gasteiger partial charge in [-0.25, -0.2) is 4.98 Å². The maximum absolute atomic E-state index is 13.2. The third kappa shape index (κ3) is 3.75. The zero-order valence-corrected chi connectivity index (χ0v) is 16.6. The van der Waals surface area contributed by atoms with Gasteiger partial charge in [0.2, 0.25) is 0 Å². The van der Waals surface area contributed by atoms with Gasteiger partial charge < -0.3 is 4.74 Å². The second-order valence-corrected chi connectivity index (χ2v) is 7.59. The molecule has 1 heterocycles. The topological polar surface area (TPSA) is 42.4 Å². The minimum atomic E-state index is -0.158. The fraction of sp³-hybridized carbons (Fsp3) is 0.130. The largest absolute Gasteiger partial charge is 0.484 e. The van der Waals surface area contributed by atoms with Crippen LogP contribution in [-0.4, -0.2) is 17.5 Å². The molecule has 4 rings (SSSR count). The fourth-order valence-corrected chi connectivity index (χ4v) is 4.03. The van der Waals surface area contributed by atoms with Crippen molar-refractivity contribution in [3.63, 3.8) is 0 Å². The molecular weight excluding hydrogens is 368 g/mol. The molecule has 0 bridgehead atoms. The second kappa shape index (κ2) is 7.82. The summed E-state index contributed by atoms with van der Waals surface area (Å²) in [4.78, 5) is 19.6. The molecule has 0 aliphatic heterocycles. The number of rotatable bonds is 5. The van der Waals surface area contributed by atoms with E-state index in [2.05, 4.69) is 4.98 Å². The first-order valence-electron chi connectivity index (χ1n) is 9.05. The normalized spacial score (nSPS) is 10.8. The average Bonchev–Trinajstić information content (AvgIpc) is 3.12. The number of hydrogen-bond acceptors (Lipinski definition) is 4. The highest BCUT2D eigenvalue weighted by molar-refractivity contribution is 7.22. The Morgan fingerprint density at radius 2 is 1.79 bits per heavy atom. The van der Waals surface area contributed by atoms with Crippen LogP contribution in [0.2, 0.25) is 0 Å². The number of carbonyl (C=O) groups excluding carboxylic acids is 1. The van der Waals surface area contributed by atoms with Crippen molar-refractivity contribution in [1.29, 1.82) is 0 Å². The molecule has 1 aromatic heterocycles. The number of benzene rings is 3. The summed E-state index contributed by atoms with van der Waals surface area (Å²) in [6.45, 7) is 3.92. The Balaban J connectivity index is 1.68. The molecule has 4 nitrogen and oxygen atoms in total. The Kier molecular flexibility index (Phi) is 5.08. The van der Waals surface area contributed by atoms with Crippen molar-refractivity contribution in [1.82, 2.24) is 4.98 Å². The monoisotopic (exact) mass is 388 g/mol. The molecule has 0 aliphatic carbocycles. The molecule has 0 spiro atoms. The Morgan fingerprint density at radius 3 is 2.57 bits per heavy atom. The van der Waals surface area contributed by atoms with Crippen molar-refractivity contribution >= 4 is 38.3 Å². The summed E-state index contributed by atoms with van der Waals surface area (Å²) in [5, 5.41) is 0.647. The molecule has 0 unspecified atom stereocenters. The van der Waals surface area contributed by atoms with Crippen LogP contribution in [0.15, 0.2) is 72.8 Å². The maximum atomic E-state index is 13.2. The van der Waals surface area contributed by atoms with E-state index < -0.39 is 0 Å². The minimum absolute atomic E-state index is 0.0618. The number of thiazole rings is 1. The third-order valence-electron chi connectivity index (χ3n) is 4.43. The SMILES string of the molecule is Cc1cccc(OCC(=O)N(c2nc3ccccc3s2)c2ccccc2C)c1. The van der Waals surface area contributed by atoms with Gasteiger partial charge in [-0.15, -0.1) is 0 Å².